The molecule has 2 aromatic carbocycles. The van der Waals surface area contributed by atoms with Crippen LogP contribution >= 0.6 is 0 Å². The van der Waals surface area contributed by atoms with Gasteiger partial charge in [0.05, 0.1) is 0 Å². The molecule has 2 aromatic rings. The van der Waals surface area contributed by atoms with Crippen LogP contribution in [0.3, 0.4) is 0 Å². The Hall–Kier alpha value is -4.34. The third kappa shape index (κ3) is 6.35. The Balaban J connectivity index is 2.19. The first-order chi connectivity index (χ1) is 16.0. The molecule has 0 aliphatic rings. The number of halogens is 4. The standard InChI is InChI=1S/C24H18F4O6/c1-13(2)23(29)33-11-9-31-17-7-5-15(19(25)21(17)27)16-6-8-18(22(28)20(16)26)32-10-12-34-24(30)14(3)4/h5-12H,1,3H2,2,4H3. The zero-order valence-corrected chi connectivity index (χ0v) is 18.0. The Morgan fingerprint density at radius 2 is 1.00 bits per heavy atom. The first-order valence-corrected chi connectivity index (χ1v) is 9.37. The number of carbonyl (C=O) groups is 2. The van der Waals surface area contributed by atoms with Crippen molar-refractivity contribution in [3.8, 4) is 22.6 Å². The fraction of sp³-hybridized carbons (Fsp3) is 0.0833. The molecule has 0 N–H and O–H groups in total. The van der Waals surface area contributed by atoms with Gasteiger partial charge >= 0.3 is 11.9 Å². The third-order valence-electron chi connectivity index (χ3n) is 3.93. The van der Waals surface area contributed by atoms with Crippen molar-refractivity contribution in [3.05, 3.63) is 96.9 Å². The molecular formula is C24H18F4O6. The molecule has 0 fully saturated rings. The monoisotopic (exact) mass is 478 g/mol. The van der Waals surface area contributed by atoms with Gasteiger partial charge in [0.1, 0.15) is 25.0 Å². The molecule has 0 atom stereocenters. The number of esters is 2. The van der Waals surface area contributed by atoms with E-state index in [-0.39, 0.29) is 11.1 Å². The van der Waals surface area contributed by atoms with E-state index >= 15 is 0 Å². The average Bonchev–Trinajstić information content (AvgIpc) is 2.79. The van der Waals surface area contributed by atoms with Crippen LogP contribution in [0.2, 0.25) is 0 Å². The van der Waals surface area contributed by atoms with Gasteiger partial charge in [0, 0.05) is 22.3 Å². The fourth-order valence-corrected chi connectivity index (χ4v) is 2.24. The molecule has 0 heterocycles. The van der Waals surface area contributed by atoms with Crippen LogP contribution in [0.5, 0.6) is 11.5 Å². The molecule has 0 aliphatic carbocycles. The van der Waals surface area contributed by atoms with Crippen LogP contribution in [0.25, 0.3) is 11.1 Å². The van der Waals surface area contributed by atoms with Crippen molar-refractivity contribution >= 4 is 11.9 Å². The van der Waals surface area contributed by atoms with Crippen molar-refractivity contribution in [2.24, 2.45) is 0 Å². The van der Waals surface area contributed by atoms with Crippen molar-refractivity contribution < 1.29 is 46.1 Å². The molecule has 0 spiro atoms. The molecular weight excluding hydrogens is 460 g/mol. The molecule has 0 bridgehead atoms. The first kappa shape index (κ1) is 25.9. The van der Waals surface area contributed by atoms with Crippen molar-refractivity contribution in [2.75, 3.05) is 0 Å². The SMILES string of the molecule is C=C(C)C(=O)OC=COc1ccc(-c2ccc(OC=COC(=O)C(=C)C)c(F)c2F)c(F)c1F. The molecule has 0 saturated carbocycles. The largest absolute Gasteiger partial charge is 0.459 e. The van der Waals surface area contributed by atoms with E-state index in [4.69, 9.17) is 9.47 Å². The highest BCUT2D eigenvalue weighted by Crippen LogP contribution is 2.34. The minimum absolute atomic E-state index is 0.110. The van der Waals surface area contributed by atoms with Crippen LogP contribution in [0.15, 0.2) is 73.6 Å². The van der Waals surface area contributed by atoms with Crippen LogP contribution in [-0.2, 0) is 19.1 Å². The summed E-state index contributed by atoms with van der Waals surface area (Å²) in [5.41, 5.74) is -0.953. The molecule has 0 radical (unpaired) electrons. The summed E-state index contributed by atoms with van der Waals surface area (Å²) in [5, 5.41) is 0. The van der Waals surface area contributed by atoms with Gasteiger partial charge in [-0.15, -0.1) is 0 Å². The summed E-state index contributed by atoms with van der Waals surface area (Å²) in [4.78, 5) is 22.4. The van der Waals surface area contributed by atoms with Crippen LogP contribution < -0.4 is 9.47 Å². The van der Waals surface area contributed by atoms with Crippen molar-refractivity contribution in [2.45, 2.75) is 13.8 Å². The summed E-state index contributed by atoms with van der Waals surface area (Å²) in [5.74, 6) is -8.71. The molecule has 0 unspecified atom stereocenters. The molecule has 10 heteroatoms. The second-order valence-corrected chi connectivity index (χ2v) is 6.63. The minimum atomic E-state index is -1.51. The zero-order chi connectivity index (χ0) is 25.4. The van der Waals surface area contributed by atoms with E-state index < -0.39 is 57.8 Å². The maximum Gasteiger partial charge on any atom is 0.338 e. The van der Waals surface area contributed by atoms with Gasteiger partial charge in [-0.1, -0.05) is 13.2 Å². The van der Waals surface area contributed by atoms with Crippen molar-refractivity contribution in [3.63, 3.8) is 0 Å². The molecule has 0 aliphatic heterocycles. The van der Waals surface area contributed by atoms with Crippen molar-refractivity contribution in [1.29, 1.82) is 0 Å². The Kier molecular flexibility index (Phi) is 8.77. The van der Waals surface area contributed by atoms with E-state index in [2.05, 4.69) is 22.6 Å². The summed E-state index contributed by atoms with van der Waals surface area (Å²) < 4.78 is 76.7. The third-order valence-corrected chi connectivity index (χ3v) is 3.93. The Morgan fingerprint density at radius 1 is 0.647 bits per heavy atom. The second kappa shape index (κ2) is 11.5. The average molecular weight is 478 g/mol. The molecule has 34 heavy (non-hydrogen) atoms. The van der Waals surface area contributed by atoms with Gasteiger partial charge in [-0.25, -0.2) is 18.4 Å². The van der Waals surface area contributed by atoms with E-state index in [9.17, 15) is 27.2 Å². The normalized spacial score (nSPS) is 10.9. The number of ether oxygens (including phenoxy) is 4. The predicted molar refractivity (Wildman–Crippen MR) is 113 cm³/mol. The topological polar surface area (TPSA) is 71.1 Å². The Bertz CT molecular complexity index is 1110. The lowest BCUT2D eigenvalue weighted by molar-refractivity contribution is -0.134. The number of hydrogen-bond acceptors (Lipinski definition) is 6. The van der Waals surface area contributed by atoms with Crippen LogP contribution in [-0.4, -0.2) is 11.9 Å². The highest BCUT2D eigenvalue weighted by atomic mass is 19.2. The molecule has 178 valence electrons. The molecule has 0 amide bonds. The first-order valence-electron chi connectivity index (χ1n) is 9.37. The number of rotatable bonds is 9. The highest BCUT2D eigenvalue weighted by molar-refractivity contribution is 5.87. The van der Waals surface area contributed by atoms with Gasteiger partial charge in [-0.05, 0) is 38.1 Å². The van der Waals surface area contributed by atoms with E-state index in [1.165, 1.54) is 13.8 Å². The molecule has 0 aromatic heterocycles. The Labute approximate surface area is 192 Å². The molecule has 2 rings (SSSR count). The Morgan fingerprint density at radius 3 is 1.32 bits per heavy atom. The maximum atomic E-state index is 14.5. The van der Waals surface area contributed by atoms with E-state index in [1.54, 1.807) is 0 Å². The van der Waals surface area contributed by atoms with Crippen LogP contribution in [0.4, 0.5) is 17.6 Å². The summed E-state index contributed by atoms with van der Waals surface area (Å²) in [6.07, 6.45) is 3.16. The summed E-state index contributed by atoms with van der Waals surface area (Å²) >= 11 is 0. The van der Waals surface area contributed by atoms with Crippen LogP contribution in [0.1, 0.15) is 13.8 Å². The van der Waals surface area contributed by atoms with Crippen LogP contribution in [0, 0.1) is 23.3 Å². The summed E-state index contributed by atoms with van der Waals surface area (Å²) in [6.45, 7) is 9.53. The fourth-order valence-electron chi connectivity index (χ4n) is 2.24. The van der Waals surface area contributed by atoms with E-state index in [1.807, 2.05) is 0 Å². The lowest BCUT2D eigenvalue weighted by Crippen LogP contribution is -2.01. The number of benzene rings is 2. The predicted octanol–water partition coefficient (Wildman–Crippen LogP) is 5.85. The van der Waals surface area contributed by atoms with E-state index in [0.29, 0.717) is 0 Å². The molecule has 0 saturated heterocycles. The smallest absolute Gasteiger partial charge is 0.338 e. The summed E-state index contributed by atoms with van der Waals surface area (Å²) in [7, 11) is 0. The highest BCUT2D eigenvalue weighted by Gasteiger charge is 2.21. The van der Waals surface area contributed by atoms with Gasteiger partial charge in [0.15, 0.2) is 23.1 Å². The van der Waals surface area contributed by atoms with Gasteiger partial charge < -0.3 is 18.9 Å². The van der Waals surface area contributed by atoms with Gasteiger partial charge in [0.2, 0.25) is 11.6 Å². The molecule has 6 nitrogen and oxygen atoms in total. The zero-order valence-electron chi connectivity index (χ0n) is 18.0. The second-order valence-electron chi connectivity index (χ2n) is 6.63. The maximum absolute atomic E-state index is 14.5. The van der Waals surface area contributed by atoms with E-state index in [0.717, 1.165) is 49.3 Å². The van der Waals surface area contributed by atoms with Gasteiger partial charge in [0.25, 0.3) is 0 Å². The summed E-state index contributed by atoms with van der Waals surface area (Å²) in [6, 6.07) is 3.88. The lowest BCUT2D eigenvalue weighted by Gasteiger charge is -2.11. The number of hydrogen-bond donors (Lipinski definition) is 0. The number of carbonyl (C=O) groups excluding carboxylic acids is 2. The van der Waals surface area contributed by atoms with Crippen molar-refractivity contribution in [1.82, 2.24) is 0 Å². The van der Waals surface area contributed by atoms with Gasteiger partial charge in [-0.3, -0.25) is 0 Å². The lowest BCUT2D eigenvalue weighted by atomic mass is 10.0. The quantitative estimate of drug-likeness (QED) is 0.195. The minimum Gasteiger partial charge on any atom is -0.459 e. The van der Waals surface area contributed by atoms with Gasteiger partial charge in [-0.2, -0.15) is 8.78 Å².